The molecule has 0 unspecified atom stereocenters. The molecule has 0 radical (unpaired) electrons. The van der Waals surface area contributed by atoms with Crippen molar-refractivity contribution in [1.29, 1.82) is 0 Å². The Labute approximate surface area is 114 Å². The number of fused-ring (bicyclic) bond motifs is 1. The van der Waals surface area contributed by atoms with E-state index in [0.717, 1.165) is 10.9 Å². The van der Waals surface area contributed by atoms with Gasteiger partial charge in [-0.25, -0.2) is 0 Å². The molecule has 3 aromatic rings. The van der Waals surface area contributed by atoms with E-state index in [2.05, 4.69) is 25.4 Å². The van der Waals surface area contributed by atoms with Gasteiger partial charge in [-0.1, -0.05) is 0 Å². The third-order valence-corrected chi connectivity index (χ3v) is 2.94. The van der Waals surface area contributed by atoms with Crippen molar-refractivity contribution < 1.29 is 0 Å². The van der Waals surface area contributed by atoms with Crippen molar-refractivity contribution in [2.24, 2.45) is 7.05 Å². The fraction of sp³-hybridized carbons (Fsp3) is 0.167. The van der Waals surface area contributed by atoms with E-state index in [4.69, 9.17) is 11.6 Å². The summed E-state index contributed by atoms with van der Waals surface area (Å²) in [7, 11) is 1.82. The Morgan fingerprint density at radius 2 is 2.05 bits per heavy atom. The maximum absolute atomic E-state index is 5.92. The van der Waals surface area contributed by atoms with Gasteiger partial charge in [0.2, 0.25) is 5.28 Å². The van der Waals surface area contributed by atoms with Crippen molar-refractivity contribution in [3.63, 3.8) is 0 Å². The topological polar surface area (TPSA) is 68.5 Å². The number of hydrogen-bond acceptors (Lipinski definition) is 5. The number of aromatic nitrogens is 5. The predicted octanol–water partition coefficient (Wildman–Crippen LogP) is 2.02. The highest BCUT2D eigenvalue weighted by Crippen LogP contribution is 2.21. The molecular weight excluding hydrogens is 264 g/mol. The van der Waals surface area contributed by atoms with E-state index in [0.29, 0.717) is 18.0 Å². The highest BCUT2D eigenvalue weighted by molar-refractivity contribution is 6.28. The van der Waals surface area contributed by atoms with Crippen molar-refractivity contribution in [2.75, 3.05) is 5.32 Å². The normalized spacial score (nSPS) is 10.8. The van der Waals surface area contributed by atoms with Gasteiger partial charge in [0.05, 0.1) is 11.6 Å². The second-order valence-corrected chi connectivity index (χ2v) is 4.39. The number of anilines is 1. The first-order chi connectivity index (χ1) is 9.24. The molecule has 0 atom stereocenters. The fourth-order valence-corrected chi connectivity index (χ4v) is 1.98. The van der Waals surface area contributed by atoms with Crippen LogP contribution in [-0.4, -0.2) is 24.7 Å². The van der Waals surface area contributed by atoms with Crippen LogP contribution in [0.3, 0.4) is 0 Å². The molecule has 0 amide bonds. The van der Waals surface area contributed by atoms with Gasteiger partial charge in [-0.3, -0.25) is 9.67 Å². The molecule has 3 rings (SSSR count). The first-order valence-electron chi connectivity index (χ1n) is 5.72. The summed E-state index contributed by atoms with van der Waals surface area (Å²) in [5, 5.41) is 8.45. The van der Waals surface area contributed by atoms with Crippen LogP contribution in [0.1, 0.15) is 5.56 Å². The van der Waals surface area contributed by atoms with Crippen LogP contribution in [0.25, 0.3) is 11.0 Å². The second-order valence-electron chi connectivity index (χ2n) is 4.06. The van der Waals surface area contributed by atoms with Crippen LogP contribution < -0.4 is 5.32 Å². The number of rotatable bonds is 3. The molecule has 7 heteroatoms. The molecule has 0 saturated heterocycles. The molecule has 19 heavy (non-hydrogen) atoms. The second kappa shape index (κ2) is 4.81. The van der Waals surface area contributed by atoms with Gasteiger partial charge in [0.25, 0.3) is 0 Å². The van der Waals surface area contributed by atoms with Crippen molar-refractivity contribution in [3.05, 3.63) is 41.6 Å². The minimum atomic E-state index is 0.202. The van der Waals surface area contributed by atoms with Gasteiger partial charge in [0, 0.05) is 26.0 Å². The van der Waals surface area contributed by atoms with Gasteiger partial charge in [-0.15, -0.1) is 0 Å². The lowest BCUT2D eigenvalue weighted by Crippen LogP contribution is -2.03. The van der Waals surface area contributed by atoms with Crippen LogP contribution in [0.15, 0.2) is 30.7 Å². The van der Waals surface area contributed by atoms with Crippen LogP contribution in [0.5, 0.6) is 0 Å². The third-order valence-electron chi connectivity index (χ3n) is 2.77. The van der Waals surface area contributed by atoms with E-state index in [1.807, 2.05) is 19.2 Å². The quantitative estimate of drug-likeness (QED) is 0.740. The van der Waals surface area contributed by atoms with Gasteiger partial charge in [0.15, 0.2) is 5.65 Å². The lowest BCUT2D eigenvalue weighted by Gasteiger charge is -2.06. The zero-order chi connectivity index (χ0) is 13.2. The molecule has 3 aromatic heterocycles. The van der Waals surface area contributed by atoms with E-state index in [-0.39, 0.29) is 5.28 Å². The Kier molecular flexibility index (Phi) is 3.00. The Balaban J connectivity index is 1.92. The standard InChI is InChI=1S/C12H11ClN6/c1-19-11-9(7-16-19)10(17-12(13)18-11)15-6-8-2-4-14-5-3-8/h2-5,7H,6H2,1H3,(H,15,17,18). The average Bonchev–Trinajstić information content (AvgIpc) is 2.79. The molecule has 1 N–H and O–H groups in total. The van der Waals surface area contributed by atoms with Crippen LogP contribution >= 0.6 is 11.6 Å². The zero-order valence-electron chi connectivity index (χ0n) is 10.2. The first-order valence-corrected chi connectivity index (χ1v) is 6.10. The summed E-state index contributed by atoms with van der Waals surface area (Å²) in [4.78, 5) is 12.3. The van der Waals surface area contributed by atoms with Crippen LogP contribution in [0, 0.1) is 0 Å². The van der Waals surface area contributed by atoms with Crippen molar-refractivity contribution >= 4 is 28.5 Å². The van der Waals surface area contributed by atoms with Gasteiger partial charge >= 0.3 is 0 Å². The summed E-state index contributed by atoms with van der Waals surface area (Å²) in [6.07, 6.45) is 5.23. The van der Waals surface area contributed by atoms with Crippen molar-refractivity contribution in [3.8, 4) is 0 Å². The molecule has 96 valence electrons. The van der Waals surface area contributed by atoms with Gasteiger partial charge < -0.3 is 5.32 Å². The van der Waals surface area contributed by atoms with Gasteiger partial charge in [-0.05, 0) is 29.3 Å². The summed E-state index contributed by atoms with van der Waals surface area (Å²) in [6, 6.07) is 3.88. The minimum Gasteiger partial charge on any atom is -0.365 e. The maximum atomic E-state index is 5.92. The number of halogens is 1. The Bertz CT molecular complexity index is 709. The number of pyridine rings is 1. The largest absolute Gasteiger partial charge is 0.365 e. The van der Waals surface area contributed by atoms with Crippen molar-refractivity contribution in [2.45, 2.75) is 6.54 Å². The first kappa shape index (κ1) is 11.9. The molecule has 0 bridgehead atoms. The van der Waals surface area contributed by atoms with Crippen LogP contribution in [-0.2, 0) is 13.6 Å². The maximum Gasteiger partial charge on any atom is 0.226 e. The van der Waals surface area contributed by atoms with Gasteiger partial charge in [-0.2, -0.15) is 15.1 Å². The molecule has 0 aliphatic heterocycles. The molecule has 0 spiro atoms. The van der Waals surface area contributed by atoms with E-state index in [1.54, 1.807) is 23.3 Å². The van der Waals surface area contributed by atoms with E-state index >= 15 is 0 Å². The lowest BCUT2D eigenvalue weighted by molar-refractivity contribution is 0.785. The zero-order valence-corrected chi connectivity index (χ0v) is 11.0. The summed E-state index contributed by atoms with van der Waals surface area (Å²) in [5.41, 5.74) is 1.82. The smallest absolute Gasteiger partial charge is 0.226 e. The van der Waals surface area contributed by atoms with Crippen LogP contribution in [0.4, 0.5) is 5.82 Å². The molecule has 0 aromatic carbocycles. The summed E-state index contributed by atoms with van der Waals surface area (Å²) in [5.74, 6) is 0.680. The summed E-state index contributed by atoms with van der Waals surface area (Å²) in [6.45, 7) is 0.639. The van der Waals surface area contributed by atoms with E-state index in [9.17, 15) is 0 Å². The van der Waals surface area contributed by atoms with E-state index < -0.39 is 0 Å². The Morgan fingerprint density at radius 3 is 2.84 bits per heavy atom. The van der Waals surface area contributed by atoms with Crippen molar-refractivity contribution in [1.82, 2.24) is 24.7 Å². The molecule has 0 saturated carbocycles. The fourth-order valence-electron chi connectivity index (χ4n) is 1.82. The number of hydrogen-bond donors (Lipinski definition) is 1. The molecule has 3 heterocycles. The number of nitrogens with one attached hydrogen (secondary N) is 1. The summed E-state index contributed by atoms with van der Waals surface area (Å²) >= 11 is 5.92. The number of aryl methyl sites for hydroxylation is 1. The highest BCUT2D eigenvalue weighted by Gasteiger charge is 2.10. The lowest BCUT2D eigenvalue weighted by atomic mass is 10.2. The molecule has 0 fully saturated rings. The predicted molar refractivity (Wildman–Crippen MR) is 72.9 cm³/mol. The molecular formula is C12H11ClN6. The van der Waals surface area contributed by atoms with E-state index in [1.165, 1.54) is 0 Å². The molecule has 0 aliphatic carbocycles. The molecule has 0 aliphatic rings. The average molecular weight is 275 g/mol. The Hall–Kier alpha value is -2.21. The van der Waals surface area contributed by atoms with Crippen LogP contribution in [0.2, 0.25) is 5.28 Å². The Morgan fingerprint density at radius 1 is 1.26 bits per heavy atom. The SMILES string of the molecule is Cn1ncc2c(NCc3ccncc3)nc(Cl)nc21. The minimum absolute atomic E-state index is 0.202. The van der Waals surface area contributed by atoms with Gasteiger partial charge in [0.1, 0.15) is 5.82 Å². The number of nitrogens with zero attached hydrogens (tertiary/aromatic N) is 5. The third kappa shape index (κ3) is 2.34. The highest BCUT2D eigenvalue weighted by atomic mass is 35.5. The summed E-state index contributed by atoms with van der Waals surface area (Å²) < 4.78 is 1.67. The monoisotopic (exact) mass is 274 g/mol. The molecule has 6 nitrogen and oxygen atoms in total.